The highest BCUT2D eigenvalue weighted by Gasteiger charge is 2.20. The molecular formula is C18H17Br2NO6P+. The minimum atomic E-state index is -1.33. The maximum Gasteiger partial charge on any atom is 0.340 e. The van der Waals surface area contributed by atoms with Gasteiger partial charge in [-0.1, -0.05) is 4.57 Å². The second-order valence-corrected chi connectivity index (χ2v) is 9.27. The predicted molar refractivity (Wildman–Crippen MR) is 112 cm³/mol. The van der Waals surface area contributed by atoms with E-state index in [9.17, 15) is 19.3 Å². The molecule has 0 fully saturated rings. The van der Waals surface area contributed by atoms with Crippen LogP contribution in [0.3, 0.4) is 0 Å². The van der Waals surface area contributed by atoms with Crippen LogP contribution in [0.2, 0.25) is 0 Å². The molecule has 0 saturated carbocycles. The molecule has 1 amide bonds. The van der Waals surface area contributed by atoms with Crippen LogP contribution in [0.25, 0.3) is 0 Å². The molecule has 10 heteroatoms. The number of aromatic hydroxyl groups is 1. The number of carbonyl (C=O) groups is 2. The third kappa shape index (κ3) is 5.77. The minimum absolute atomic E-state index is 0.113. The van der Waals surface area contributed by atoms with Crippen LogP contribution in [0, 0.1) is 0 Å². The van der Waals surface area contributed by atoms with Gasteiger partial charge in [0.25, 0.3) is 5.91 Å². The van der Waals surface area contributed by atoms with Crippen molar-refractivity contribution in [2.24, 2.45) is 0 Å². The molecule has 2 unspecified atom stereocenters. The Morgan fingerprint density at radius 1 is 1.21 bits per heavy atom. The van der Waals surface area contributed by atoms with E-state index in [1.165, 1.54) is 25.1 Å². The first-order valence-electron chi connectivity index (χ1n) is 7.99. The molecular weight excluding hydrogens is 517 g/mol. The standard InChI is InChI=1S/C18H16Br2NO6P/c1-9(18(24)25)21-17(23)12-7-11(3-4-15(12)22)27-16-13(19)5-10(6-14(16)20)8-28(2)26/h3-7,9H,8H2,1-2H3,(H2-,21,22,23,24,25)/p+1. The van der Waals surface area contributed by atoms with E-state index in [0.29, 0.717) is 20.9 Å². The summed E-state index contributed by atoms with van der Waals surface area (Å²) < 4.78 is 18.5. The van der Waals surface area contributed by atoms with Gasteiger partial charge in [-0.25, -0.2) is 0 Å². The summed E-state index contributed by atoms with van der Waals surface area (Å²) in [4.78, 5) is 23.1. The van der Waals surface area contributed by atoms with Gasteiger partial charge in [-0.05, 0) is 69.1 Å². The molecule has 0 aliphatic carbocycles. The van der Waals surface area contributed by atoms with Crippen LogP contribution in [0.4, 0.5) is 0 Å². The Labute approximate surface area is 179 Å². The summed E-state index contributed by atoms with van der Waals surface area (Å²) in [5.41, 5.74) is 0.751. The number of nitrogens with one attached hydrogen (secondary N) is 1. The zero-order valence-corrected chi connectivity index (χ0v) is 19.0. The van der Waals surface area contributed by atoms with Crippen LogP contribution in [-0.4, -0.2) is 34.8 Å². The Balaban J connectivity index is 2.29. The van der Waals surface area contributed by atoms with Gasteiger partial charge in [0.15, 0.2) is 11.9 Å². The number of hydrogen-bond acceptors (Lipinski definition) is 5. The number of phenols is 1. The zero-order chi connectivity index (χ0) is 21.0. The number of carboxylic acid groups (broad SMARTS) is 1. The molecule has 28 heavy (non-hydrogen) atoms. The Morgan fingerprint density at radius 3 is 2.36 bits per heavy atom. The number of hydrogen-bond donors (Lipinski definition) is 3. The molecule has 0 heterocycles. The van der Waals surface area contributed by atoms with E-state index >= 15 is 0 Å². The lowest BCUT2D eigenvalue weighted by molar-refractivity contribution is -0.138. The van der Waals surface area contributed by atoms with Crippen molar-refractivity contribution < 1.29 is 29.1 Å². The first kappa shape index (κ1) is 22.3. The van der Waals surface area contributed by atoms with Gasteiger partial charge >= 0.3 is 13.8 Å². The quantitative estimate of drug-likeness (QED) is 0.438. The van der Waals surface area contributed by atoms with Gasteiger partial charge in [0.1, 0.15) is 24.2 Å². The number of halogens is 2. The van der Waals surface area contributed by atoms with Gasteiger partial charge in [-0.2, -0.15) is 0 Å². The fourth-order valence-electron chi connectivity index (χ4n) is 2.27. The molecule has 2 aromatic rings. The van der Waals surface area contributed by atoms with E-state index < -0.39 is 25.7 Å². The third-order valence-electron chi connectivity index (χ3n) is 3.61. The second kappa shape index (κ2) is 9.49. The molecule has 2 atom stereocenters. The van der Waals surface area contributed by atoms with Crippen molar-refractivity contribution in [3.8, 4) is 17.2 Å². The number of benzene rings is 2. The molecule has 0 spiro atoms. The Bertz CT molecular complexity index is 927. The van der Waals surface area contributed by atoms with Crippen molar-refractivity contribution in [1.29, 1.82) is 0 Å². The highest BCUT2D eigenvalue weighted by Crippen LogP contribution is 2.40. The Kier molecular flexibility index (Phi) is 7.57. The molecule has 0 aliphatic rings. The van der Waals surface area contributed by atoms with Gasteiger partial charge in [-0.3, -0.25) is 9.59 Å². The normalized spacial score (nSPS) is 12.2. The lowest BCUT2D eigenvalue weighted by Gasteiger charge is -2.14. The number of carbonyl (C=O) groups excluding carboxylic acids is 1. The molecule has 2 rings (SSSR count). The number of phenolic OH excluding ortho intramolecular Hbond substituents is 1. The fourth-order valence-corrected chi connectivity index (χ4v) is 4.41. The summed E-state index contributed by atoms with van der Waals surface area (Å²) in [6.45, 7) is 2.97. The molecule has 0 aromatic heterocycles. The van der Waals surface area contributed by atoms with Gasteiger partial charge in [0.05, 0.1) is 14.5 Å². The van der Waals surface area contributed by atoms with E-state index in [4.69, 9.17) is 9.84 Å². The SMILES string of the molecule is CC(NC(=O)c1cc(Oc2c(Br)cc(C[P+](C)=O)cc2Br)ccc1O)C(=O)O. The summed E-state index contributed by atoms with van der Waals surface area (Å²) in [6.07, 6.45) is 0.429. The molecule has 2 aromatic carbocycles. The van der Waals surface area contributed by atoms with Crippen molar-refractivity contribution in [3.05, 3.63) is 50.4 Å². The molecule has 0 bridgehead atoms. The number of carboxylic acids is 1. The lowest BCUT2D eigenvalue weighted by atomic mass is 10.1. The van der Waals surface area contributed by atoms with E-state index in [1.54, 1.807) is 18.8 Å². The van der Waals surface area contributed by atoms with E-state index in [0.717, 1.165) is 5.56 Å². The topological polar surface area (TPSA) is 113 Å². The lowest BCUT2D eigenvalue weighted by Crippen LogP contribution is -2.38. The van der Waals surface area contributed by atoms with Crippen LogP contribution in [0.15, 0.2) is 39.3 Å². The van der Waals surface area contributed by atoms with Crippen LogP contribution >= 0.6 is 39.7 Å². The average Bonchev–Trinajstić information content (AvgIpc) is 2.58. The summed E-state index contributed by atoms with van der Waals surface area (Å²) >= 11 is 6.82. The van der Waals surface area contributed by atoms with Crippen LogP contribution in [0.1, 0.15) is 22.8 Å². The smallest absolute Gasteiger partial charge is 0.340 e. The third-order valence-corrected chi connectivity index (χ3v) is 5.60. The second-order valence-electron chi connectivity index (χ2n) is 5.99. The van der Waals surface area contributed by atoms with Crippen molar-refractivity contribution >= 4 is 51.5 Å². The largest absolute Gasteiger partial charge is 0.507 e. The van der Waals surface area contributed by atoms with Crippen LogP contribution < -0.4 is 10.1 Å². The maximum absolute atomic E-state index is 12.2. The fraction of sp³-hybridized carbons (Fsp3) is 0.222. The number of aliphatic carboxylic acids is 1. The minimum Gasteiger partial charge on any atom is -0.507 e. The molecule has 0 saturated heterocycles. The van der Waals surface area contributed by atoms with Crippen LogP contribution in [-0.2, 0) is 15.5 Å². The first-order chi connectivity index (χ1) is 13.1. The van der Waals surface area contributed by atoms with E-state index in [1.807, 2.05) is 0 Å². The summed E-state index contributed by atoms with van der Waals surface area (Å²) in [5.74, 6) is -1.53. The highest BCUT2D eigenvalue weighted by atomic mass is 79.9. The van der Waals surface area contributed by atoms with Gasteiger partial charge in [-0.15, -0.1) is 0 Å². The van der Waals surface area contributed by atoms with E-state index in [2.05, 4.69) is 37.2 Å². The van der Waals surface area contributed by atoms with Crippen molar-refractivity contribution in [3.63, 3.8) is 0 Å². The monoisotopic (exact) mass is 532 g/mol. The molecule has 0 radical (unpaired) electrons. The number of rotatable bonds is 7. The summed E-state index contributed by atoms with van der Waals surface area (Å²) in [6, 6.07) is 6.54. The van der Waals surface area contributed by atoms with Crippen molar-refractivity contribution in [1.82, 2.24) is 5.32 Å². The molecule has 0 aliphatic heterocycles. The average molecular weight is 534 g/mol. The molecule has 148 valence electrons. The highest BCUT2D eigenvalue weighted by molar-refractivity contribution is 9.11. The predicted octanol–water partition coefficient (Wildman–Crippen LogP) is 4.87. The van der Waals surface area contributed by atoms with Crippen LogP contribution in [0.5, 0.6) is 17.2 Å². The number of amides is 1. The van der Waals surface area contributed by atoms with Gasteiger partial charge in [0, 0.05) is 5.56 Å². The van der Waals surface area contributed by atoms with Gasteiger partial charge < -0.3 is 20.3 Å². The number of ether oxygens (including phenoxy) is 1. The molecule has 3 N–H and O–H groups in total. The summed E-state index contributed by atoms with van der Waals surface area (Å²) in [7, 11) is -1.33. The van der Waals surface area contributed by atoms with E-state index in [-0.39, 0.29) is 17.1 Å². The van der Waals surface area contributed by atoms with Crippen molar-refractivity contribution in [2.75, 3.05) is 6.66 Å². The summed E-state index contributed by atoms with van der Waals surface area (Å²) in [5, 5.41) is 21.1. The first-order valence-corrected chi connectivity index (χ1v) is 11.5. The van der Waals surface area contributed by atoms with Gasteiger partial charge in [0.2, 0.25) is 0 Å². The molecule has 7 nitrogen and oxygen atoms in total. The zero-order valence-electron chi connectivity index (χ0n) is 14.9. The van der Waals surface area contributed by atoms with Crippen molar-refractivity contribution in [2.45, 2.75) is 19.1 Å². The Morgan fingerprint density at radius 2 is 1.82 bits per heavy atom. The maximum atomic E-state index is 12.2. The Hall–Kier alpha value is -1.96.